The maximum Gasteiger partial charge on any atom is 0.0543 e. The van der Waals surface area contributed by atoms with Crippen molar-refractivity contribution in [1.29, 1.82) is 0 Å². The molecule has 1 aliphatic rings. The summed E-state index contributed by atoms with van der Waals surface area (Å²) in [6, 6.07) is 6.99. The van der Waals surface area contributed by atoms with E-state index < -0.39 is 0 Å². The van der Waals surface area contributed by atoms with E-state index in [1.165, 1.54) is 57.3 Å². The molecule has 3 heteroatoms. The normalized spacial score (nSPS) is 15.1. The van der Waals surface area contributed by atoms with Gasteiger partial charge in [-0.2, -0.15) is 0 Å². The molecule has 0 aromatic carbocycles. The Labute approximate surface area is 117 Å². The Morgan fingerprint density at radius 1 is 1.21 bits per heavy atom. The number of aromatic nitrogens is 1. The Balaban J connectivity index is 1.43. The van der Waals surface area contributed by atoms with Crippen LogP contribution in [0.4, 0.5) is 0 Å². The number of unbranched alkanes of at least 4 members (excludes halogenated alkanes) is 3. The van der Waals surface area contributed by atoms with Crippen molar-refractivity contribution in [3.63, 3.8) is 0 Å². The predicted octanol–water partition coefficient (Wildman–Crippen LogP) is 2.83. The third-order valence-corrected chi connectivity index (χ3v) is 3.64. The van der Waals surface area contributed by atoms with E-state index in [2.05, 4.69) is 34.4 Å². The topological polar surface area (TPSA) is 28.2 Å². The Morgan fingerprint density at radius 2 is 2.05 bits per heavy atom. The SMILES string of the molecule is CN(CCCCCCNC1CC1)Cc1ccccn1. The lowest BCUT2D eigenvalue weighted by Gasteiger charge is -2.15. The third-order valence-electron chi connectivity index (χ3n) is 3.64. The molecule has 1 N–H and O–H groups in total. The first-order valence-electron chi connectivity index (χ1n) is 7.66. The van der Waals surface area contributed by atoms with E-state index in [-0.39, 0.29) is 0 Å². The number of hydrogen-bond acceptors (Lipinski definition) is 3. The van der Waals surface area contributed by atoms with E-state index in [4.69, 9.17) is 0 Å². The van der Waals surface area contributed by atoms with Crippen molar-refractivity contribution in [1.82, 2.24) is 15.2 Å². The molecule has 1 aromatic rings. The molecular formula is C16H27N3. The Morgan fingerprint density at radius 3 is 2.79 bits per heavy atom. The van der Waals surface area contributed by atoms with Crippen LogP contribution in [0.2, 0.25) is 0 Å². The van der Waals surface area contributed by atoms with Crippen LogP contribution in [0.5, 0.6) is 0 Å². The van der Waals surface area contributed by atoms with E-state index in [9.17, 15) is 0 Å². The number of rotatable bonds is 10. The smallest absolute Gasteiger partial charge is 0.0543 e. The average molecular weight is 261 g/mol. The first-order chi connectivity index (χ1) is 9.34. The monoisotopic (exact) mass is 261 g/mol. The molecule has 1 saturated carbocycles. The minimum absolute atomic E-state index is 0.865. The van der Waals surface area contributed by atoms with Crippen LogP contribution in [-0.2, 0) is 6.54 Å². The molecule has 19 heavy (non-hydrogen) atoms. The molecule has 1 aromatic heterocycles. The fourth-order valence-electron chi connectivity index (χ4n) is 2.30. The highest BCUT2D eigenvalue weighted by Gasteiger charge is 2.19. The van der Waals surface area contributed by atoms with Crippen LogP contribution in [0.25, 0.3) is 0 Å². The number of pyridine rings is 1. The zero-order valence-corrected chi connectivity index (χ0v) is 12.1. The van der Waals surface area contributed by atoms with Crippen molar-refractivity contribution < 1.29 is 0 Å². The van der Waals surface area contributed by atoms with Gasteiger partial charge in [-0.3, -0.25) is 4.98 Å². The highest BCUT2D eigenvalue weighted by Crippen LogP contribution is 2.18. The maximum absolute atomic E-state index is 4.36. The van der Waals surface area contributed by atoms with Gasteiger partial charge in [0.05, 0.1) is 5.69 Å². The predicted molar refractivity (Wildman–Crippen MR) is 80.1 cm³/mol. The third kappa shape index (κ3) is 6.69. The lowest BCUT2D eigenvalue weighted by atomic mass is 10.2. The summed E-state index contributed by atoms with van der Waals surface area (Å²) in [5, 5.41) is 3.57. The zero-order chi connectivity index (χ0) is 13.3. The van der Waals surface area contributed by atoms with Crippen molar-refractivity contribution in [3.8, 4) is 0 Å². The number of nitrogens with one attached hydrogen (secondary N) is 1. The van der Waals surface area contributed by atoms with Crippen LogP contribution >= 0.6 is 0 Å². The minimum Gasteiger partial charge on any atom is -0.314 e. The van der Waals surface area contributed by atoms with Gasteiger partial charge >= 0.3 is 0 Å². The summed E-state index contributed by atoms with van der Waals surface area (Å²) >= 11 is 0. The molecule has 0 spiro atoms. The zero-order valence-electron chi connectivity index (χ0n) is 12.1. The molecule has 0 aliphatic heterocycles. The van der Waals surface area contributed by atoms with Gasteiger partial charge in [-0.15, -0.1) is 0 Å². The molecule has 1 aliphatic carbocycles. The van der Waals surface area contributed by atoms with Gasteiger partial charge in [0.2, 0.25) is 0 Å². The quantitative estimate of drug-likeness (QED) is 0.656. The molecular weight excluding hydrogens is 234 g/mol. The van der Waals surface area contributed by atoms with Crippen molar-refractivity contribution >= 4 is 0 Å². The Kier molecular flexibility index (Phi) is 6.31. The molecule has 0 amide bonds. The standard InChI is InChI=1S/C16H27N3/c1-19(14-16-8-4-6-12-18-16)13-7-3-2-5-11-17-15-9-10-15/h4,6,8,12,15,17H,2-3,5,7,9-11,13-14H2,1H3. The van der Waals surface area contributed by atoms with Gasteiger partial charge in [-0.1, -0.05) is 18.9 Å². The van der Waals surface area contributed by atoms with Crippen LogP contribution in [-0.4, -0.2) is 36.1 Å². The van der Waals surface area contributed by atoms with Crippen LogP contribution in [0.1, 0.15) is 44.2 Å². The van der Waals surface area contributed by atoms with E-state index in [0.29, 0.717) is 0 Å². The van der Waals surface area contributed by atoms with Crippen molar-refractivity contribution in [3.05, 3.63) is 30.1 Å². The van der Waals surface area contributed by atoms with Gasteiger partial charge < -0.3 is 10.2 Å². The fraction of sp³-hybridized carbons (Fsp3) is 0.688. The second-order valence-corrected chi connectivity index (χ2v) is 5.70. The second-order valence-electron chi connectivity index (χ2n) is 5.70. The molecule has 106 valence electrons. The largest absolute Gasteiger partial charge is 0.314 e. The first kappa shape index (κ1) is 14.5. The van der Waals surface area contributed by atoms with Gasteiger partial charge in [0.1, 0.15) is 0 Å². The van der Waals surface area contributed by atoms with Crippen LogP contribution in [0.15, 0.2) is 24.4 Å². The van der Waals surface area contributed by atoms with Crippen molar-refractivity contribution in [2.45, 2.75) is 51.1 Å². The average Bonchev–Trinajstić information content (AvgIpc) is 3.23. The summed E-state index contributed by atoms with van der Waals surface area (Å²) in [6.07, 6.45) is 10.0. The van der Waals surface area contributed by atoms with Crippen LogP contribution in [0.3, 0.4) is 0 Å². The highest BCUT2D eigenvalue weighted by atomic mass is 15.1. The molecule has 0 bridgehead atoms. The Hall–Kier alpha value is -0.930. The summed E-state index contributed by atoms with van der Waals surface area (Å²) in [7, 11) is 2.18. The van der Waals surface area contributed by atoms with Crippen molar-refractivity contribution in [2.75, 3.05) is 20.1 Å². The molecule has 1 heterocycles. The fourth-order valence-corrected chi connectivity index (χ4v) is 2.30. The Bertz CT molecular complexity index is 335. The molecule has 1 fully saturated rings. The second kappa shape index (κ2) is 8.28. The molecule has 0 atom stereocenters. The van der Waals surface area contributed by atoms with E-state index in [1.807, 2.05) is 12.3 Å². The summed E-state index contributed by atoms with van der Waals surface area (Å²) in [5.74, 6) is 0. The molecule has 0 saturated heterocycles. The van der Waals surface area contributed by atoms with Gasteiger partial charge in [0, 0.05) is 18.8 Å². The van der Waals surface area contributed by atoms with Gasteiger partial charge in [-0.05, 0) is 58.0 Å². The van der Waals surface area contributed by atoms with E-state index in [1.54, 1.807) is 0 Å². The van der Waals surface area contributed by atoms with Crippen LogP contribution in [0, 0.1) is 0 Å². The number of hydrogen-bond donors (Lipinski definition) is 1. The lowest BCUT2D eigenvalue weighted by molar-refractivity contribution is 0.313. The summed E-state index contributed by atoms with van der Waals surface area (Å²) in [4.78, 5) is 6.73. The van der Waals surface area contributed by atoms with Gasteiger partial charge in [0.25, 0.3) is 0 Å². The summed E-state index contributed by atoms with van der Waals surface area (Å²) in [6.45, 7) is 3.35. The van der Waals surface area contributed by atoms with Gasteiger partial charge in [-0.25, -0.2) is 0 Å². The molecule has 0 unspecified atom stereocenters. The van der Waals surface area contributed by atoms with Crippen LogP contribution < -0.4 is 5.32 Å². The summed E-state index contributed by atoms with van der Waals surface area (Å²) in [5.41, 5.74) is 1.17. The first-order valence-corrected chi connectivity index (χ1v) is 7.66. The summed E-state index contributed by atoms with van der Waals surface area (Å²) < 4.78 is 0. The van der Waals surface area contributed by atoms with Gasteiger partial charge in [0.15, 0.2) is 0 Å². The minimum atomic E-state index is 0.865. The van der Waals surface area contributed by atoms with Crippen molar-refractivity contribution in [2.24, 2.45) is 0 Å². The van der Waals surface area contributed by atoms with E-state index >= 15 is 0 Å². The maximum atomic E-state index is 4.36. The highest BCUT2D eigenvalue weighted by molar-refractivity contribution is 5.02. The molecule has 0 radical (unpaired) electrons. The molecule has 2 rings (SSSR count). The number of nitrogens with zero attached hydrogens (tertiary/aromatic N) is 2. The lowest BCUT2D eigenvalue weighted by Crippen LogP contribution is -2.20. The molecule has 3 nitrogen and oxygen atoms in total. The van der Waals surface area contributed by atoms with E-state index in [0.717, 1.165) is 12.6 Å².